The van der Waals surface area contributed by atoms with Gasteiger partial charge in [-0.1, -0.05) is 0 Å². The van der Waals surface area contributed by atoms with Gasteiger partial charge in [0.25, 0.3) is 0 Å². The fourth-order valence-corrected chi connectivity index (χ4v) is 3.41. The molecular formula is C15H24IN7OS. The summed E-state index contributed by atoms with van der Waals surface area (Å²) in [6, 6.07) is 0.277. The molecule has 0 saturated heterocycles. The van der Waals surface area contributed by atoms with Crippen molar-refractivity contribution in [2.24, 2.45) is 4.99 Å². The van der Waals surface area contributed by atoms with Crippen molar-refractivity contribution in [3.8, 4) is 0 Å². The third-order valence-electron chi connectivity index (χ3n) is 3.81. The molecule has 0 aromatic carbocycles. The summed E-state index contributed by atoms with van der Waals surface area (Å²) in [6.45, 7) is 3.91. The number of nitrogens with zero attached hydrogens (tertiary/aromatic N) is 5. The monoisotopic (exact) mass is 477 g/mol. The molecule has 0 amide bonds. The molecule has 1 aliphatic rings. The van der Waals surface area contributed by atoms with Gasteiger partial charge in [0.15, 0.2) is 11.8 Å². The number of hydrogen-bond acceptors (Lipinski definition) is 6. The summed E-state index contributed by atoms with van der Waals surface area (Å²) in [5.41, 5.74) is 1.05. The molecule has 10 heteroatoms. The van der Waals surface area contributed by atoms with Crippen LogP contribution < -0.4 is 10.6 Å². The van der Waals surface area contributed by atoms with Gasteiger partial charge in [-0.2, -0.15) is 5.10 Å². The van der Waals surface area contributed by atoms with Crippen molar-refractivity contribution in [1.29, 1.82) is 0 Å². The van der Waals surface area contributed by atoms with E-state index in [2.05, 4.69) is 36.1 Å². The van der Waals surface area contributed by atoms with E-state index in [0.717, 1.165) is 47.7 Å². The summed E-state index contributed by atoms with van der Waals surface area (Å²) in [4.78, 5) is 13.3. The van der Waals surface area contributed by atoms with Gasteiger partial charge < -0.3 is 15.4 Å². The molecule has 0 spiro atoms. The van der Waals surface area contributed by atoms with E-state index in [1.54, 1.807) is 25.5 Å². The number of aromatic nitrogens is 4. The molecular weight excluding hydrogens is 453 g/mol. The van der Waals surface area contributed by atoms with Crippen molar-refractivity contribution in [2.75, 3.05) is 14.2 Å². The number of fused-ring (bicyclic) bond motifs is 1. The number of rotatable bonds is 5. The lowest BCUT2D eigenvalue weighted by atomic mass is 10.1. The van der Waals surface area contributed by atoms with Crippen LogP contribution in [0.15, 0.2) is 10.4 Å². The van der Waals surface area contributed by atoms with E-state index in [0.29, 0.717) is 13.2 Å². The normalized spacial score (nSPS) is 16.9. The Kier molecular flexibility index (Phi) is 7.56. The summed E-state index contributed by atoms with van der Waals surface area (Å²) in [5.74, 6) is 2.56. The van der Waals surface area contributed by atoms with Gasteiger partial charge in [0, 0.05) is 37.7 Å². The molecule has 2 N–H and O–H groups in total. The predicted molar refractivity (Wildman–Crippen MR) is 108 cm³/mol. The van der Waals surface area contributed by atoms with Gasteiger partial charge in [-0.3, -0.25) is 4.99 Å². The van der Waals surface area contributed by atoms with Crippen molar-refractivity contribution in [2.45, 2.75) is 45.5 Å². The second-order valence-electron chi connectivity index (χ2n) is 5.75. The number of nitrogens with one attached hydrogen (secondary N) is 2. The average molecular weight is 477 g/mol. The number of aliphatic imine (C=N–C) groups is 1. The van der Waals surface area contributed by atoms with E-state index in [4.69, 9.17) is 4.74 Å². The Morgan fingerprint density at radius 1 is 1.48 bits per heavy atom. The first-order valence-electron chi connectivity index (χ1n) is 7.97. The molecule has 3 heterocycles. The van der Waals surface area contributed by atoms with E-state index in [1.165, 1.54) is 0 Å². The number of methoxy groups -OCH3 is 1. The molecule has 25 heavy (non-hydrogen) atoms. The van der Waals surface area contributed by atoms with Crippen LogP contribution in [-0.4, -0.2) is 45.9 Å². The van der Waals surface area contributed by atoms with Gasteiger partial charge in [0.05, 0.1) is 13.1 Å². The van der Waals surface area contributed by atoms with Gasteiger partial charge in [0.2, 0.25) is 0 Å². The lowest BCUT2D eigenvalue weighted by molar-refractivity contribution is 0.177. The number of ether oxygens (including phenoxy) is 1. The average Bonchev–Trinajstić information content (AvgIpc) is 3.16. The first-order valence-corrected chi connectivity index (χ1v) is 8.85. The standard InChI is InChI=1S/C15H23N7OS.HI/c1-10-9-24-14(18-10)6-17-15(16-2)19-11-4-5-13-20-12(8-23-3)21-22(13)7-11;/h9,11H,4-8H2,1-3H3,(H2,16,17,19);1H. The summed E-state index contributed by atoms with van der Waals surface area (Å²) in [6.07, 6.45) is 1.90. The van der Waals surface area contributed by atoms with Crippen LogP contribution >= 0.6 is 35.3 Å². The zero-order valence-corrected chi connectivity index (χ0v) is 17.8. The minimum Gasteiger partial charge on any atom is -0.377 e. The fourth-order valence-electron chi connectivity index (χ4n) is 2.70. The van der Waals surface area contributed by atoms with Crippen LogP contribution in [-0.2, 0) is 30.9 Å². The first-order chi connectivity index (χ1) is 11.7. The van der Waals surface area contributed by atoms with E-state index >= 15 is 0 Å². The molecule has 1 aliphatic heterocycles. The van der Waals surface area contributed by atoms with Gasteiger partial charge in [-0.25, -0.2) is 14.6 Å². The van der Waals surface area contributed by atoms with Gasteiger partial charge in [0.1, 0.15) is 17.4 Å². The molecule has 0 radical (unpaired) electrons. The topological polar surface area (TPSA) is 89.2 Å². The van der Waals surface area contributed by atoms with Crippen molar-refractivity contribution >= 4 is 41.3 Å². The highest BCUT2D eigenvalue weighted by Gasteiger charge is 2.22. The Morgan fingerprint density at radius 2 is 2.32 bits per heavy atom. The number of hydrogen-bond donors (Lipinski definition) is 2. The second-order valence-corrected chi connectivity index (χ2v) is 6.69. The summed E-state index contributed by atoms with van der Waals surface area (Å²) >= 11 is 1.66. The SMILES string of the molecule is CN=C(NCc1nc(C)cs1)NC1CCc2nc(COC)nn2C1.I. The highest BCUT2D eigenvalue weighted by molar-refractivity contribution is 14.0. The third-order valence-corrected chi connectivity index (χ3v) is 4.78. The smallest absolute Gasteiger partial charge is 0.191 e. The maximum Gasteiger partial charge on any atom is 0.191 e. The number of halogens is 1. The van der Waals surface area contributed by atoms with Gasteiger partial charge in [-0.05, 0) is 13.3 Å². The Labute approximate surface area is 168 Å². The predicted octanol–water partition coefficient (Wildman–Crippen LogP) is 1.49. The minimum absolute atomic E-state index is 0. The van der Waals surface area contributed by atoms with E-state index in [1.807, 2.05) is 11.6 Å². The molecule has 2 aromatic rings. The Bertz CT molecular complexity index is 715. The zero-order valence-electron chi connectivity index (χ0n) is 14.7. The zero-order chi connectivity index (χ0) is 16.9. The minimum atomic E-state index is 0. The van der Waals surface area contributed by atoms with Crippen LogP contribution in [0.5, 0.6) is 0 Å². The van der Waals surface area contributed by atoms with Gasteiger partial charge >= 0.3 is 0 Å². The van der Waals surface area contributed by atoms with E-state index in [9.17, 15) is 0 Å². The van der Waals surface area contributed by atoms with Crippen LogP contribution in [0, 0.1) is 6.92 Å². The molecule has 138 valence electrons. The van der Waals surface area contributed by atoms with Crippen LogP contribution in [0.4, 0.5) is 0 Å². The Balaban J connectivity index is 0.00000225. The number of thiazole rings is 1. The largest absolute Gasteiger partial charge is 0.377 e. The molecule has 1 atom stereocenters. The van der Waals surface area contributed by atoms with Crippen LogP contribution in [0.25, 0.3) is 0 Å². The highest BCUT2D eigenvalue weighted by atomic mass is 127. The molecule has 2 aromatic heterocycles. The van der Waals surface area contributed by atoms with Crippen molar-refractivity contribution < 1.29 is 4.74 Å². The molecule has 1 unspecified atom stereocenters. The maximum atomic E-state index is 5.10. The second kappa shape index (κ2) is 9.43. The molecule has 3 rings (SSSR count). The lowest BCUT2D eigenvalue weighted by Crippen LogP contribution is -2.46. The summed E-state index contributed by atoms with van der Waals surface area (Å²) in [5, 5.41) is 14.4. The fraction of sp³-hybridized carbons (Fsp3) is 0.600. The molecule has 0 aliphatic carbocycles. The first kappa shape index (κ1) is 20.0. The maximum absolute atomic E-state index is 5.10. The molecule has 0 fully saturated rings. The van der Waals surface area contributed by atoms with Crippen molar-refractivity contribution in [1.82, 2.24) is 30.4 Å². The molecule has 0 bridgehead atoms. The van der Waals surface area contributed by atoms with E-state index in [-0.39, 0.29) is 30.0 Å². The summed E-state index contributed by atoms with van der Waals surface area (Å²) < 4.78 is 7.07. The molecule has 8 nitrogen and oxygen atoms in total. The van der Waals surface area contributed by atoms with Crippen LogP contribution in [0.1, 0.15) is 28.8 Å². The Hall–Kier alpha value is -1.27. The quantitative estimate of drug-likeness (QED) is 0.386. The number of aryl methyl sites for hydroxylation is 2. The van der Waals surface area contributed by atoms with E-state index < -0.39 is 0 Å². The number of guanidine groups is 1. The van der Waals surface area contributed by atoms with Crippen LogP contribution in [0.3, 0.4) is 0 Å². The Morgan fingerprint density at radius 3 is 3.00 bits per heavy atom. The van der Waals surface area contributed by atoms with Crippen molar-refractivity contribution in [3.05, 3.63) is 27.7 Å². The van der Waals surface area contributed by atoms with Crippen molar-refractivity contribution in [3.63, 3.8) is 0 Å². The molecule has 0 saturated carbocycles. The lowest BCUT2D eigenvalue weighted by Gasteiger charge is -2.25. The highest BCUT2D eigenvalue weighted by Crippen LogP contribution is 2.13. The third kappa shape index (κ3) is 5.35. The van der Waals surface area contributed by atoms with Gasteiger partial charge in [-0.15, -0.1) is 35.3 Å². The summed E-state index contributed by atoms with van der Waals surface area (Å²) in [7, 11) is 3.44. The van der Waals surface area contributed by atoms with Crippen LogP contribution in [0.2, 0.25) is 0 Å².